The zero-order valence-electron chi connectivity index (χ0n) is 13.2. The molecular formula is C16H13F3N4OS2. The zero-order valence-corrected chi connectivity index (χ0v) is 14.9. The highest BCUT2D eigenvalue weighted by atomic mass is 32.2. The van der Waals surface area contributed by atoms with Crippen LogP contribution in [0.5, 0.6) is 11.5 Å². The number of rotatable bonds is 7. The van der Waals surface area contributed by atoms with Gasteiger partial charge >= 0.3 is 6.18 Å². The van der Waals surface area contributed by atoms with E-state index in [0.717, 1.165) is 16.9 Å². The van der Waals surface area contributed by atoms with Crippen molar-refractivity contribution in [3.05, 3.63) is 54.4 Å². The van der Waals surface area contributed by atoms with Crippen LogP contribution in [-0.2, 0) is 5.75 Å². The lowest BCUT2D eigenvalue weighted by atomic mass is 10.2. The quantitative estimate of drug-likeness (QED) is 0.566. The molecule has 0 saturated carbocycles. The van der Waals surface area contributed by atoms with Crippen LogP contribution in [-0.4, -0.2) is 27.9 Å². The highest BCUT2D eigenvalue weighted by Gasteiger charge is 2.27. The van der Waals surface area contributed by atoms with Crippen molar-refractivity contribution in [1.29, 1.82) is 0 Å². The maximum atomic E-state index is 12.2. The number of thioether (sulfide) groups is 1. The first-order chi connectivity index (χ1) is 12.5. The minimum Gasteiger partial charge on any atom is -0.455 e. The Morgan fingerprint density at radius 3 is 2.73 bits per heavy atom. The topological polar surface area (TPSA) is 59.9 Å². The summed E-state index contributed by atoms with van der Waals surface area (Å²) in [6, 6.07) is 11.1. The van der Waals surface area contributed by atoms with Crippen molar-refractivity contribution >= 4 is 28.2 Å². The Bertz CT molecular complexity index is 843. The average molecular weight is 398 g/mol. The number of halogens is 3. The number of benzene rings is 1. The fourth-order valence-electron chi connectivity index (χ4n) is 1.91. The number of para-hydroxylation sites is 1. The Hall–Kier alpha value is -2.33. The number of ether oxygens (including phenoxy) is 1. The summed E-state index contributed by atoms with van der Waals surface area (Å²) < 4.78 is 43.0. The summed E-state index contributed by atoms with van der Waals surface area (Å²) in [6.07, 6.45) is -1.01. The number of alkyl halides is 3. The van der Waals surface area contributed by atoms with E-state index >= 15 is 0 Å². The van der Waals surface area contributed by atoms with Crippen LogP contribution >= 0.6 is 23.1 Å². The van der Waals surface area contributed by atoms with Crippen molar-refractivity contribution in [2.24, 2.45) is 0 Å². The first-order valence-corrected chi connectivity index (χ1v) is 9.22. The van der Waals surface area contributed by atoms with Gasteiger partial charge in [-0.1, -0.05) is 41.3 Å². The molecule has 0 amide bonds. The third kappa shape index (κ3) is 5.60. The molecular weight excluding hydrogens is 385 g/mol. The lowest BCUT2D eigenvalue weighted by Gasteiger charge is -2.09. The highest BCUT2D eigenvalue weighted by Crippen LogP contribution is 2.33. The van der Waals surface area contributed by atoms with Gasteiger partial charge in [-0.25, -0.2) is 0 Å². The first kappa shape index (κ1) is 18.5. The number of nitrogens with zero attached hydrogens (tertiary/aromatic N) is 3. The number of pyridine rings is 1. The largest absolute Gasteiger partial charge is 0.455 e. The number of aromatic nitrogens is 3. The molecule has 0 aliphatic heterocycles. The van der Waals surface area contributed by atoms with Crippen LogP contribution in [0.3, 0.4) is 0 Å². The molecule has 1 aromatic carbocycles. The van der Waals surface area contributed by atoms with Crippen molar-refractivity contribution in [1.82, 2.24) is 15.2 Å². The van der Waals surface area contributed by atoms with Gasteiger partial charge in [-0.05, 0) is 18.2 Å². The van der Waals surface area contributed by atoms with Gasteiger partial charge in [0.15, 0.2) is 4.34 Å². The Kier molecular flexibility index (Phi) is 5.94. The van der Waals surface area contributed by atoms with Crippen molar-refractivity contribution in [2.75, 3.05) is 11.9 Å². The summed E-state index contributed by atoms with van der Waals surface area (Å²) in [7, 11) is 0. The summed E-state index contributed by atoms with van der Waals surface area (Å²) in [5.41, 5.74) is 0.932. The van der Waals surface area contributed by atoms with Gasteiger partial charge in [0.1, 0.15) is 18.0 Å². The Morgan fingerprint density at radius 1 is 1.12 bits per heavy atom. The predicted octanol–water partition coefficient (Wildman–Crippen LogP) is 4.99. The van der Waals surface area contributed by atoms with Gasteiger partial charge in [-0.15, -0.1) is 10.2 Å². The second kappa shape index (κ2) is 8.37. The molecule has 26 heavy (non-hydrogen) atoms. The van der Waals surface area contributed by atoms with Crippen molar-refractivity contribution in [3.8, 4) is 11.5 Å². The molecule has 0 fully saturated rings. The van der Waals surface area contributed by atoms with E-state index in [2.05, 4.69) is 20.5 Å². The van der Waals surface area contributed by atoms with E-state index in [0.29, 0.717) is 21.6 Å². The maximum Gasteiger partial charge on any atom is 0.405 e. The number of hydrogen-bond donors (Lipinski definition) is 1. The molecule has 5 nitrogen and oxygen atoms in total. The molecule has 0 atom stereocenters. The second-order valence-corrected chi connectivity index (χ2v) is 7.23. The second-order valence-electron chi connectivity index (χ2n) is 5.03. The molecule has 3 aromatic rings. The Labute approximate surface area is 155 Å². The van der Waals surface area contributed by atoms with Crippen LogP contribution in [0, 0.1) is 0 Å². The van der Waals surface area contributed by atoms with E-state index in [-0.39, 0.29) is 5.13 Å². The summed E-state index contributed by atoms with van der Waals surface area (Å²) in [4.78, 5) is 4.01. The zero-order chi connectivity index (χ0) is 18.4. The van der Waals surface area contributed by atoms with Gasteiger partial charge in [0.25, 0.3) is 0 Å². The van der Waals surface area contributed by atoms with E-state index in [1.54, 1.807) is 24.5 Å². The molecule has 10 heteroatoms. The fourth-order valence-corrected chi connectivity index (χ4v) is 3.65. The van der Waals surface area contributed by atoms with Crippen molar-refractivity contribution in [2.45, 2.75) is 16.3 Å². The standard InChI is InChI=1S/C16H13F3N4OS2/c17-16(18,19)10-21-14-22-23-15(26-14)25-9-11-4-1-2-6-13(11)24-12-5-3-7-20-8-12/h1-8H,9-10H2,(H,21,22). The SMILES string of the molecule is FC(F)(F)CNc1nnc(SCc2ccccc2Oc2cccnc2)s1. The average Bonchev–Trinajstić information content (AvgIpc) is 3.08. The van der Waals surface area contributed by atoms with E-state index < -0.39 is 12.7 Å². The van der Waals surface area contributed by atoms with Crippen LogP contribution in [0.25, 0.3) is 0 Å². The summed E-state index contributed by atoms with van der Waals surface area (Å²) in [5.74, 6) is 1.86. The van der Waals surface area contributed by atoms with E-state index in [1.807, 2.05) is 24.3 Å². The summed E-state index contributed by atoms with van der Waals surface area (Å²) >= 11 is 2.46. The molecule has 0 saturated heterocycles. The molecule has 0 aliphatic carbocycles. The third-order valence-electron chi connectivity index (χ3n) is 3.03. The molecule has 1 N–H and O–H groups in total. The van der Waals surface area contributed by atoms with E-state index in [1.165, 1.54) is 11.8 Å². The molecule has 3 rings (SSSR count). The first-order valence-electron chi connectivity index (χ1n) is 7.42. The smallest absolute Gasteiger partial charge is 0.405 e. The number of nitrogens with one attached hydrogen (secondary N) is 1. The fraction of sp³-hybridized carbons (Fsp3) is 0.188. The van der Waals surface area contributed by atoms with Gasteiger partial charge in [0.2, 0.25) is 5.13 Å². The van der Waals surface area contributed by atoms with Crippen LogP contribution in [0.4, 0.5) is 18.3 Å². The molecule has 136 valence electrons. The summed E-state index contributed by atoms with van der Waals surface area (Å²) in [5, 5.41) is 9.98. The van der Waals surface area contributed by atoms with Gasteiger partial charge in [0.05, 0.1) is 6.20 Å². The lowest BCUT2D eigenvalue weighted by Crippen LogP contribution is -2.21. The molecule has 0 unspecified atom stereocenters. The molecule has 0 spiro atoms. The van der Waals surface area contributed by atoms with Crippen LogP contribution in [0.1, 0.15) is 5.56 Å². The maximum absolute atomic E-state index is 12.2. The minimum atomic E-state index is -4.29. The Morgan fingerprint density at radius 2 is 1.96 bits per heavy atom. The molecule has 2 aromatic heterocycles. The van der Waals surface area contributed by atoms with Gasteiger partial charge in [0, 0.05) is 17.5 Å². The van der Waals surface area contributed by atoms with E-state index in [4.69, 9.17) is 4.74 Å². The number of anilines is 1. The Balaban J connectivity index is 1.61. The third-order valence-corrected chi connectivity index (χ3v) is 5.10. The normalized spacial score (nSPS) is 11.3. The van der Waals surface area contributed by atoms with Crippen molar-refractivity contribution in [3.63, 3.8) is 0 Å². The molecule has 0 aliphatic rings. The van der Waals surface area contributed by atoms with Crippen LogP contribution in [0.15, 0.2) is 53.1 Å². The van der Waals surface area contributed by atoms with Gasteiger partial charge in [-0.2, -0.15) is 13.2 Å². The van der Waals surface area contributed by atoms with E-state index in [9.17, 15) is 13.2 Å². The minimum absolute atomic E-state index is 0.143. The molecule has 2 heterocycles. The molecule has 0 bridgehead atoms. The monoisotopic (exact) mass is 398 g/mol. The summed E-state index contributed by atoms with van der Waals surface area (Å²) in [6.45, 7) is -1.13. The van der Waals surface area contributed by atoms with Crippen LogP contribution in [0.2, 0.25) is 0 Å². The van der Waals surface area contributed by atoms with Gasteiger partial charge < -0.3 is 10.1 Å². The predicted molar refractivity (Wildman–Crippen MR) is 94.8 cm³/mol. The molecule has 0 radical (unpaired) electrons. The van der Waals surface area contributed by atoms with Gasteiger partial charge in [-0.3, -0.25) is 4.98 Å². The van der Waals surface area contributed by atoms with Crippen molar-refractivity contribution < 1.29 is 17.9 Å². The number of hydrogen-bond acceptors (Lipinski definition) is 7. The highest BCUT2D eigenvalue weighted by molar-refractivity contribution is 8.00. The lowest BCUT2D eigenvalue weighted by molar-refractivity contribution is -0.115. The van der Waals surface area contributed by atoms with Crippen LogP contribution < -0.4 is 10.1 Å².